The molecule has 0 unspecified atom stereocenters. The Labute approximate surface area is 171 Å². The van der Waals surface area contributed by atoms with Crippen LogP contribution in [-0.4, -0.2) is 30.3 Å². The largest absolute Gasteiger partial charge is 0.345 e. The fourth-order valence-electron chi connectivity index (χ4n) is 2.75. The fraction of sp³-hybridized carbons (Fsp3) is 0.111. The van der Waals surface area contributed by atoms with Gasteiger partial charge in [0.25, 0.3) is 5.91 Å². The Morgan fingerprint density at radius 3 is 2.81 bits per heavy atom. The minimum atomic E-state index is -0.285. The number of pyridine rings is 1. The van der Waals surface area contributed by atoms with Gasteiger partial charge in [-0.05, 0) is 53.2 Å². The third-order valence-corrected chi connectivity index (χ3v) is 5.02. The molecule has 0 fully saturated rings. The van der Waals surface area contributed by atoms with Gasteiger partial charge in [0.2, 0.25) is 0 Å². The van der Waals surface area contributed by atoms with Crippen molar-refractivity contribution in [3.8, 4) is 5.69 Å². The van der Waals surface area contributed by atoms with Crippen LogP contribution in [0.15, 0.2) is 57.7 Å². The standard InChI is InChI=1S/C18H14Br2N6O/c1-11-17(23-24-26(11)15-4-2-3-12(19)7-15)18(27)21-8-14-10-25-9-13(20)5-6-16(25)22-14/h2-7,9-10H,8H2,1H3,(H,21,27). The number of carbonyl (C=O) groups is 1. The third-order valence-electron chi connectivity index (χ3n) is 4.06. The molecule has 1 amide bonds. The lowest BCUT2D eigenvalue weighted by Crippen LogP contribution is -2.24. The zero-order valence-corrected chi connectivity index (χ0v) is 17.4. The molecule has 4 rings (SSSR count). The Morgan fingerprint density at radius 2 is 2.00 bits per heavy atom. The van der Waals surface area contributed by atoms with Crippen molar-refractivity contribution in [3.05, 3.63) is 74.8 Å². The molecule has 0 aliphatic heterocycles. The number of nitrogens with zero attached hydrogens (tertiary/aromatic N) is 5. The number of hydrogen-bond acceptors (Lipinski definition) is 4. The molecule has 0 aliphatic rings. The first-order chi connectivity index (χ1) is 13.0. The topological polar surface area (TPSA) is 77.1 Å². The minimum absolute atomic E-state index is 0.285. The molecule has 1 N–H and O–H groups in total. The lowest BCUT2D eigenvalue weighted by Gasteiger charge is -2.04. The molecular formula is C18H14Br2N6O. The molecule has 0 saturated heterocycles. The molecule has 0 bridgehead atoms. The SMILES string of the molecule is Cc1c(C(=O)NCc2cn3cc(Br)ccc3n2)nnn1-c1cccc(Br)c1. The van der Waals surface area contributed by atoms with Gasteiger partial charge in [0, 0.05) is 21.3 Å². The van der Waals surface area contributed by atoms with Crippen LogP contribution in [0.25, 0.3) is 11.3 Å². The molecule has 3 aromatic heterocycles. The number of amides is 1. The highest BCUT2D eigenvalue weighted by atomic mass is 79.9. The number of halogens is 2. The van der Waals surface area contributed by atoms with Crippen molar-refractivity contribution in [1.29, 1.82) is 0 Å². The van der Waals surface area contributed by atoms with E-state index >= 15 is 0 Å². The summed E-state index contributed by atoms with van der Waals surface area (Å²) in [6.45, 7) is 2.12. The number of fused-ring (bicyclic) bond motifs is 1. The van der Waals surface area contributed by atoms with Crippen LogP contribution >= 0.6 is 31.9 Å². The number of carbonyl (C=O) groups excluding carboxylic acids is 1. The summed E-state index contributed by atoms with van der Waals surface area (Å²) in [5.41, 5.74) is 3.38. The molecule has 0 atom stereocenters. The Kier molecular flexibility index (Phi) is 4.79. The predicted molar refractivity (Wildman–Crippen MR) is 108 cm³/mol. The predicted octanol–water partition coefficient (Wildman–Crippen LogP) is 3.68. The fourth-order valence-corrected chi connectivity index (χ4v) is 3.49. The number of imidazole rings is 1. The van der Waals surface area contributed by atoms with Crippen molar-refractivity contribution in [2.75, 3.05) is 0 Å². The van der Waals surface area contributed by atoms with E-state index in [1.807, 2.05) is 60.1 Å². The lowest BCUT2D eigenvalue weighted by atomic mass is 10.3. The van der Waals surface area contributed by atoms with Crippen LogP contribution in [0.2, 0.25) is 0 Å². The summed E-state index contributed by atoms with van der Waals surface area (Å²) in [6.07, 6.45) is 3.80. The molecule has 9 heteroatoms. The molecule has 4 aromatic rings. The summed E-state index contributed by atoms with van der Waals surface area (Å²) in [6, 6.07) is 11.5. The highest BCUT2D eigenvalue weighted by Gasteiger charge is 2.17. The van der Waals surface area contributed by atoms with Crippen LogP contribution < -0.4 is 5.32 Å². The Morgan fingerprint density at radius 1 is 1.15 bits per heavy atom. The number of nitrogens with one attached hydrogen (secondary N) is 1. The average Bonchev–Trinajstić information content (AvgIpc) is 3.22. The zero-order chi connectivity index (χ0) is 19.0. The van der Waals surface area contributed by atoms with Crippen molar-refractivity contribution < 1.29 is 4.79 Å². The van der Waals surface area contributed by atoms with Crippen LogP contribution in [0.5, 0.6) is 0 Å². The van der Waals surface area contributed by atoms with Crippen molar-refractivity contribution in [2.24, 2.45) is 0 Å². The summed E-state index contributed by atoms with van der Waals surface area (Å²) in [5.74, 6) is -0.285. The van der Waals surface area contributed by atoms with Crippen LogP contribution in [0.3, 0.4) is 0 Å². The quantitative estimate of drug-likeness (QED) is 0.474. The first-order valence-electron chi connectivity index (χ1n) is 8.11. The molecule has 0 aliphatic carbocycles. The molecule has 0 saturated carbocycles. The van der Waals surface area contributed by atoms with Crippen molar-refractivity contribution >= 4 is 43.4 Å². The average molecular weight is 490 g/mol. The van der Waals surface area contributed by atoms with E-state index in [1.54, 1.807) is 4.68 Å². The molecule has 1 aromatic carbocycles. The van der Waals surface area contributed by atoms with Gasteiger partial charge in [-0.25, -0.2) is 9.67 Å². The summed E-state index contributed by atoms with van der Waals surface area (Å²) < 4.78 is 5.44. The van der Waals surface area contributed by atoms with Gasteiger partial charge in [-0.3, -0.25) is 4.79 Å². The second kappa shape index (κ2) is 7.24. The van der Waals surface area contributed by atoms with Crippen LogP contribution in [-0.2, 0) is 6.54 Å². The van der Waals surface area contributed by atoms with E-state index in [4.69, 9.17) is 0 Å². The first kappa shape index (κ1) is 17.9. The van der Waals surface area contributed by atoms with Gasteiger partial charge < -0.3 is 9.72 Å². The van der Waals surface area contributed by atoms with Gasteiger partial charge in [0.1, 0.15) is 5.65 Å². The highest BCUT2D eigenvalue weighted by Crippen LogP contribution is 2.17. The third kappa shape index (κ3) is 3.65. The van der Waals surface area contributed by atoms with E-state index in [9.17, 15) is 4.79 Å². The van der Waals surface area contributed by atoms with E-state index in [-0.39, 0.29) is 5.91 Å². The normalized spacial score (nSPS) is 11.1. The summed E-state index contributed by atoms with van der Waals surface area (Å²) in [7, 11) is 0. The summed E-state index contributed by atoms with van der Waals surface area (Å²) >= 11 is 6.87. The van der Waals surface area contributed by atoms with Gasteiger partial charge in [0.05, 0.1) is 23.6 Å². The maximum atomic E-state index is 12.5. The van der Waals surface area contributed by atoms with E-state index in [0.717, 1.165) is 26.0 Å². The van der Waals surface area contributed by atoms with E-state index < -0.39 is 0 Å². The van der Waals surface area contributed by atoms with Crippen LogP contribution in [0.4, 0.5) is 0 Å². The molecule has 0 radical (unpaired) electrons. The Hall–Kier alpha value is -2.52. The highest BCUT2D eigenvalue weighted by molar-refractivity contribution is 9.10. The zero-order valence-electron chi connectivity index (χ0n) is 14.2. The van der Waals surface area contributed by atoms with Gasteiger partial charge in [-0.1, -0.05) is 27.2 Å². The van der Waals surface area contributed by atoms with Crippen molar-refractivity contribution in [3.63, 3.8) is 0 Å². The molecule has 27 heavy (non-hydrogen) atoms. The Bertz CT molecular complexity index is 1150. The monoisotopic (exact) mass is 488 g/mol. The molecule has 0 spiro atoms. The summed E-state index contributed by atoms with van der Waals surface area (Å²) in [5, 5.41) is 11.0. The van der Waals surface area contributed by atoms with E-state index in [1.165, 1.54) is 0 Å². The van der Waals surface area contributed by atoms with Gasteiger partial charge in [0.15, 0.2) is 5.69 Å². The number of rotatable bonds is 4. The van der Waals surface area contributed by atoms with E-state index in [0.29, 0.717) is 17.9 Å². The smallest absolute Gasteiger partial charge is 0.274 e. The van der Waals surface area contributed by atoms with Gasteiger partial charge >= 0.3 is 0 Å². The van der Waals surface area contributed by atoms with Gasteiger partial charge in [-0.15, -0.1) is 5.10 Å². The molecule has 3 heterocycles. The second-order valence-electron chi connectivity index (χ2n) is 5.94. The number of benzene rings is 1. The van der Waals surface area contributed by atoms with Crippen molar-refractivity contribution in [1.82, 2.24) is 29.7 Å². The van der Waals surface area contributed by atoms with Gasteiger partial charge in [-0.2, -0.15) is 0 Å². The first-order valence-corrected chi connectivity index (χ1v) is 9.69. The number of aromatic nitrogens is 5. The van der Waals surface area contributed by atoms with Crippen LogP contribution in [0, 0.1) is 6.92 Å². The second-order valence-corrected chi connectivity index (χ2v) is 7.77. The maximum Gasteiger partial charge on any atom is 0.274 e. The molecule has 7 nitrogen and oxygen atoms in total. The summed E-state index contributed by atoms with van der Waals surface area (Å²) in [4.78, 5) is 17.0. The molecule has 136 valence electrons. The molecular weight excluding hydrogens is 476 g/mol. The Balaban J connectivity index is 1.51. The van der Waals surface area contributed by atoms with Crippen LogP contribution in [0.1, 0.15) is 21.9 Å². The lowest BCUT2D eigenvalue weighted by molar-refractivity contribution is 0.0944. The minimum Gasteiger partial charge on any atom is -0.345 e. The number of hydrogen-bond donors (Lipinski definition) is 1. The maximum absolute atomic E-state index is 12.5. The van der Waals surface area contributed by atoms with Crippen molar-refractivity contribution in [2.45, 2.75) is 13.5 Å². The van der Waals surface area contributed by atoms with E-state index in [2.05, 4.69) is 52.5 Å².